The number of rotatable bonds is 27. The monoisotopic (exact) mass is 887 g/mol. The van der Waals surface area contributed by atoms with Crippen LogP contribution in [0.1, 0.15) is 145 Å². The van der Waals surface area contributed by atoms with Crippen LogP contribution in [0, 0.1) is 0 Å². The Morgan fingerprint density at radius 1 is 0.831 bits per heavy atom. The molecule has 3 rings (SSSR count). The van der Waals surface area contributed by atoms with Crippen molar-refractivity contribution < 1.29 is 35.9 Å². The van der Waals surface area contributed by atoms with Crippen molar-refractivity contribution in [3.8, 4) is 5.75 Å². The van der Waals surface area contributed by atoms with Gasteiger partial charge >= 0.3 is 6.18 Å². The molecule has 0 fully saturated rings. The number of hydrogen-bond donors (Lipinski definition) is 4. The Morgan fingerprint density at radius 3 is 2.00 bits per heavy atom. The van der Waals surface area contributed by atoms with Crippen LogP contribution in [0.3, 0.4) is 0 Å². The maximum Gasteiger partial charge on any atom is 0.417 e. The predicted octanol–water partition coefficient (Wildman–Crippen LogP) is 10.9. The molecule has 10 nitrogen and oxygen atoms in total. The Morgan fingerprint density at radius 2 is 1.42 bits per heavy atom. The maximum atomic E-state index is 13.2. The number of aromatic nitrogens is 1. The molecular weight excluding hydrogens is 826 g/mol. The van der Waals surface area contributed by atoms with Gasteiger partial charge in [-0.3, -0.25) is 14.3 Å². The average molecular weight is 889 g/mol. The summed E-state index contributed by atoms with van der Waals surface area (Å²) in [5.41, 5.74) is 9.47. The van der Waals surface area contributed by atoms with Crippen LogP contribution in [0.15, 0.2) is 59.6 Å². The number of ether oxygens (including phenoxy) is 1. The molecule has 0 aliphatic heterocycles. The Bertz CT molecular complexity index is 1820. The molecule has 1 heterocycles. The first-order valence-corrected chi connectivity index (χ1v) is 22.9. The quantitative estimate of drug-likeness (QED) is 0.0434. The van der Waals surface area contributed by atoms with Crippen LogP contribution < -0.4 is 26.2 Å². The van der Waals surface area contributed by atoms with Crippen molar-refractivity contribution >= 4 is 50.6 Å². The predicted molar refractivity (Wildman–Crippen MR) is 232 cm³/mol. The van der Waals surface area contributed by atoms with Gasteiger partial charge in [0.25, 0.3) is 10.0 Å². The lowest BCUT2D eigenvalue weighted by molar-refractivity contribution is -0.137. The van der Waals surface area contributed by atoms with E-state index in [2.05, 4.69) is 21.9 Å². The van der Waals surface area contributed by atoms with Gasteiger partial charge in [-0.25, -0.2) is 13.4 Å². The lowest BCUT2D eigenvalue weighted by Crippen LogP contribution is -2.40. The molecule has 1 atom stereocenters. The van der Waals surface area contributed by atoms with Crippen LogP contribution in [-0.2, 0) is 21.0 Å². The molecule has 0 aliphatic rings. The number of anilines is 1. The molecule has 0 saturated carbocycles. The summed E-state index contributed by atoms with van der Waals surface area (Å²) in [4.78, 5) is 28.2. The van der Waals surface area contributed by atoms with Crippen LogP contribution in [0.5, 0.6) is 5.75 Å². The van der Waals surface area contributed by atoms with E-state index in [1.807, 2.05) is 0 Å². The number of unbranched alkanes of at least 4 members (excludes halogenated alkanes) is 14. The van der Waals surface area contributed by atoms with Gasteiger partial charge in [0.05, 0.1) is 44.4 Å². The molecule has 59 heavy (non-hydrogen) atoms. The molecular formula is C43H62Cl2F3N5O5S. The molecule has 0 saturated heterocycles. The van der Waals surface area contributed by atoms with Crippen LogP contribution in [0.4, 0.5) is 18.9 Å². The first-order chi connectivity index (χ1) is 28.2. The molecule has 3 aromatic rings. The SMILES string of the molecule is CCCCCCCCCCCCCCCCNC(=O)[C@@H](N)CCCCN.CCOc1ccccc1C(=O)c1ncc(Cl)cc1NS(=O)(=O)c1ccc(Cl)c(C(F)(F)F)c1. The number of nitrogens with one attached hydrogen (secondary N) is 2. The van der Waals surface area contributed by atoms with Crippen LogP contribution in [-0.4, -0.2) is 50.8 Å². The summed E-state index contributed by atoms with van der Waals surface area (Å²) in [5.74, 6) is -0.430. The van der Waals surface area contributed by atoms with Crippen molar-refractivity contribution in [2.24, 2.45) is 11.5 Å². The number of halogens is 5. The van der Waals surface area contributed by atoms with E-state index in [4.69, 9.17) is 39.4 Å². The average Bonchev–Trinajstić information content (AvgIpc) is 3.19. The molecule has 0 spiro atoms. The van der Waals surface area contributed by atoms with Gasteiger partial charge in [-0.15, -0.1) is 0 Å². The summed E-state index contributed by atoms with van der Waals surface area (Å²) in [6.07, 6.45) is 17.8. The van der Waals surface area contributed by atoms with Gasteiger partial charge in [-0.1, -0.05) is 132 Å². The molecule has 16 heteroatoms. The highest BCUT2D eigenvalue weighted by Gasteiger charge is 2.35. The summed E-state index contributed by atoms with van der Waals surface area (Å²) >= 11 is 11.5. The molecule has 0 radical (unpaired) electrons. The number of nitrogens with zero attached hydrogens (tertiary/aromatic N) is 1. The minimum absolute atomic E-state index is 0.00304. The molecule has 330 valence electrons. The number of carbonyl (C=O) groups is 2. The van der Waals surface area contributed by atoms with Gasteiger partial charge in [0, 0.05) is 12.7 Å². The summed E-state index contributed by atoms with van der Waals surface area (Å²) in [6, 6.07) is 9.15. The normalized spacial score (nSPS) is 12.0. The minimum Gasteiger partial charge on any atom is -0.493 e. The minimum atomic E-state index is -4.87. The van der Waals surface area contributed by atoms with Gasteiger partial charge in [-0.2, -0.15) is 13.2 Å². The number of carbonyl (C=O) groups excluding carboxylic acids is 2. The van der Waals surface area contributed by atoms with Crippen LogP contribution in [0.25, 0.3) is 0 Å². The highest BCUT2D eigenvalue weighted by Crippen LogP contribution is 2.36. The van der Waals surface area contributed by atoms with Gasteiger partial charge < -0.3 is 21.5 Å². The number of ketones is 1. The number of benzene rings is 2. The molecule has 0 unspecified atom stereocenters. The Labute approximate surface area is 358 Å². The molecule has 0 bridgehead atoms. The van der Waals surface area contributed by atoms with Gasteiger partial charge in [0.1, 0.15) is 11.4 Å². The van der Waals surface area contributed by atoms with Gasteiger partial charge in [0.2, 0.25) is 11.7 Å². The Kier molecular flexibility index (Phi) is 24.7. The second-order valence-corrected chi connectivity index (χ2v) is 16.9. The summed E-state index contributed by atoms with van der Waals surface area (Å²) < 4.78 is 72.8. The number of nitrogens with two attached hydrogens (primary N) is 2. The Hall–Kier alpha value is -3.43. The van der Waals surface area contributed by atoms with E-state index >= 15 is 0 Å². The zero-order valence-electron chi connectivity index (χ0n) is 34.4. The highest BCUT2D eigenvalue weighted by molar-refractivity contribution is 7.92. The van der Waals surface area contributed by atoms with Gasteiger partial charge in [0.15, 0.2) is 0 Å². The first kappa shape index (κ1) is 51.7. The standard InChI is InChI=1S/C22H47N3O.C21H15Cl2F3N2O4S/c1-2-3-4-5-6-7-8-9-10-11-12-13-14-17-20-25-22(26)21(24)18-15-16-19-23;1-2-32-18-6-4-3-5-14(18)20(29)19-17(9-12(22)11-27-19)28-33(30,31)13-7-8-16(23)15(10-13)21(24,25)26/h21H,2-20,23-24H2,1H3,(H,25,26);3-11,28H,2H2,1H3/t21-;/m0./s1. The van der Waals surface area contributed by atoms with Crippen LogP contribution >= 0.6 is 23.2 Å². The fourth-order valence-corrected chi connectivity index (χ4v) is 7.62. The van der Waals surface area contributed by atoms with E-state index in [0.717, 1.165) is 56.6 Å². The molecule has 2 aromatic carbocycles. The summed E-state index contributed by atoms with van der Waals surface area (Å²) in [6.45, 7) is 5.71. The van der Waals surface area contributed by atoms with E-state index in [1.54, 1.807) is 25.1 Å². The second kappa shape index (κ2) is 28.2. The van der Waals surface area contributed by atoms with Crippen molar-refractivity contribution in [1.82, 2.24) is 10.3 Å². The number of amides is 1. The highest BCUT2D eigenvalue weighted by atomic mass is 35.5. The van der Waals surface area contributed by atoms with Crippen molar-refractivity contribution in [2.45, 2.75) is 140 Å². The van der Waals surface area contributed by atoms with Crippen molar-refractivity contribution in [2.75, 3.05) is 24.4 Å². The molecule has 0 aliphatic carbocycles. The summed E-state index contributed by atoms with van der Waals surface area (Å²) in [5, 5.41) is 2.29. The molecule has 6 N–H and O–H groups in total. The zero-order chi connectivity index (χ0) is 43.7. The molecule has 1 amide bonds. The number of sulfonamides is 1. The van der Waals surface area contributed by atoms with Gasteiger partial charge in [-0.05, 0) is 69.1 Å². The lowest BCUT2D eigenvalue weighted by atomic mass is 10.0. The zero-order valence-corrected chi connectivity index (χ0v) is 36.7. The van der Waals surface area contributed by atoms with Crippen molar-refractivity contribution in [3.63, 3.8) is 0 Å². The van der Waals surface area contributed by atoms with E-state index in [0.29, 0.717) is 12.6 Å². The largest absolute Gasteiger partial charge is 0.493 e. The smallest absolute Gasteiger partial charge is 0.417 e. The molecule has 1 aromatic heterocycles. The summed E-state index contributed by atoms with van der Waals surface area (Å²) in [7, 11) is -4.58. The lowest BCUT2D eigenvalue weighted by Gasteiger charge is -2.15. The third-order valence-electron chi connectivity index (χ3n) is 9.43. The first-order valence-electron chi connectivity index (χ1n) is 20.7. The number of hydrogen-bond acceptors (Lipinski definition) is 8. The number of para-hydroxylation sites is 1. The number of pyridine rings is 1. The van der Waals surface area contributed by atoms with E-state index < -0.39 is 37.5 Å². The van der Waals surface area contributed by atoms with E-state index in [1.165, 1.54) is 89.5 Å². The second-order valence-electron chi connectivity index (χ2n) is 14.3. The van der Waals surface area contributed by atoms with E-state index in [-0.39, 0.29) is 46.3 Å². The third kappa shape index (κ3) is 19.7. The van der Waals surface area contributed by atoms with E-state index in [9.17, 15) is 31.2 Å². The topological polar surface area (TPSA) is 166 Å². The van der Waals surface area contributed by atoms with Crippen molar-refractivity contribution in [3.05, 3.63) is 81.6 Å². The fraction of sp³-hybridized carbons (Fsp3) is 0.558. The Balaban J connectivity index is 0.000000421. The maximum absolute atomic E-state index is 13.2. The number of alkyl halides is 3. The fourth-order valence-electron chi connectivity index (χ4n) is 6.16. The van der Waals surface area contributed by atoms with Crippen LogP contribution in [0.2, 0.25) is 10.0 Å². The van der Waals surface area contributed by atoms with Crippen molar-refractivity contribution in [1.29, 1.82) is 0 Å². The third-order valence-corrected chi connectivity index (χ3v) is 11.3.